The fourth-order valence-electron chi connectivity index (χ4n) is 2.31. The molecule has 1 aromatic heterocycles. The van der Waals surface area contributed by atoms with Crippen molar-refractivity contribution in [2.24, 2.45) is 0 Å². The van der Waals surface area contributed by atoms with Crippen LogP contribution in [0.2, 0.25) is 0 Å². The number of anilines is 2. The third kappa shape index (κ3) is 2.72. The van der Waals surface area contributed by atoms with Crippen molar-refractivity contribution in [3.63, 3.8) is 0 Å². The second-order valence-corrected chi connectivity index (χ2v) is 5.27. The van der Waals surface area contributed by atoms with Gasteiger partial charge in [0.05, 0.1) is 5.60 Å². The normalized spacial score (nSPS) is 23.4. The molecule has 0 aliphatic carbocycles. The Hall–Kier alpha value is -1.36. The van der Waals surface area contributed by atoms with Crippen molar-refractivity contribution in [3.8, 4) is 0 Å². The SMILES string of the molecule is CCCNc1ncnc(N2CCC(C)(O)C2)c1C. The molecule has 5 heteroatoms. The van der Waals surface area contributed by atoms with Gasteiger partial charge < -0.3 is 15.3 Å². The lowest BCUT2D eigenvalue weighted by molar-refractivity contribution is 0.0839. The molecule has 5 nitrogen and oxygen atoms in total. The van der Waals surface area contributed by atoms with Crippen molar-refractivity contribution >= 4 is 11.6 Å². The Morgan fingerprint density at radius 2 is 2.28 bits per heavy atom. The first-order valence-corrected chi connectivity index (χ1v) is 6.56. The molecule has 1 aliphatic rings. The summed E-state index contributed by atoms with van der Waals surface area (Å²) in [6.45, 7) is 8.42. The van der Waals surface area contributed by atoms with Crippen molar-refractivity contribution in [1.29, 1.82) is 0 Å². The zero-order valence-corrected chi connectivity index (χ0v) is 11.4. The van der Waals surface area contributed by atoms with Crippen LogP contribution >= 0.6 is 0 Å². The summed E-state index contributed by atoms with van der Waals surface area (Å²) in [7, 11) is 0. The molecular weight excluding hydrogens is 228 g/mol. The van der Waals surface area contributed by atoms with Crippen LogP contribution in [0.1, 0.15) is 32.3 Å². The van der Waals surface area contributed by atoms with Crippen LogP contribution in [-0.2, 0) is 0 Å². The maximum absolute atomic E-state index is 10.0. The maximum atomic E-state index is 10.0. The highest BCUT2D eigenvalue weighted by molar-refractivity contribution is 5.58. The minimum absolute atomic E-state index is 0.603. The molecule has 100 valence electrons. The van der Waals surface area contributed by atoms with Gasteiger partial charge in [0.15, 0.2) is 0 Å². The van der Waals surface area contributed by atoms with Gasteiger partial charge in [-0.2, -0.15) is 0 Å². The lowest BCUT2D eigenvalue weighted by Crippen LogP contribution is -2.30. The number of nitrogens with one attached hydrogen (secondary N) is 1. The summed E-state index contributed by atoms with van der Waals surface area (Å²) in [4.78, 5) is 10.8. The fraction of sp³-hybridized carbons (Fsp3) is 0.692. The molecule has 1 fully saturated rings. The molecular formula is C13H22N4O. The lowest BCUT2D eigenvalue weighted by Gasteiger charge is -2.22. The van der Waals surface area contributed by atoms with Crippen LogP contribution in [0.4, 0.5) is 11.6 Å². The molecule has 0 spiro atoms. The molecule has 1 atom stereocenters. The molecule has 2 heterocycles. The van der Waals surface area contributed by atoms with Crippen LogP contribution in [0.25, 0.3) is 0 Å². The molecule has 1 unspecified atom stereocenters. The van der Waals surface area contributed by atoms with Gasteiger partial charge in [-0.1, -0.05) is 6.92 Å². The summed E-state index contributed by atoms with van der Waals surface area (Å²) >= 11 is 0. The van der Waals surface area contributed by atoms with Crippen LogP contribution in [-0.4, -0.2) is 40.3 Å². The van der Waals surface area contributed by atoms with Crippen LogP contribution < -0.4 is 10.2 Å². The molecule has 0 saturated carbocycles. The van der Waals surface area contributed by atoms with Crippen LogP contribution in [0.15, 0.2) is 6.33 Å². The van der Waals surface area contributed by atoms with E-state index in [1.165, 1.54) is 0 Å². The molecule has 2 N–H and O–H groups in total. The number of hydrogen-bond donors (Lipinski definition) is 2. The third-order valence-electron chi connectivity index (χ3n) is 3.35. The van der Waals surface area contributed by atoms with Crippen LogP contribution in [0.5, 0.6) is 0 Å². The van der Waals surface area contributed by atoms with Crippen molar-refractivity contribution in [3.05, 3.63) is 11.9 Å². The van der Waals surface area contributed by atoms with Gasteiger partial charge in [-0.25, -0.2) is 9.97 Å². The largest absolute Gasteiger partial charge is 0.388 e. The van der Waals surface area contributed by atoms with Gasteiger partial charge in [0.1, 0.15) is 18.0 Å². The Morgan fingerprint density at radius 3 is 2.89 bits per heavy atom. The van der Waals surface area contributed by atoms with Crippen molar-refractivity contribution < 1.29 is 5.11 Å². The number of hydrogen-bond acceptors (Lipinski definition) is 5. The number of aliphatic hydroxyl groups is 1. The van der Waals surface area contributed by atoms with Gasteiger partial charge in [0.2, 0.25) is 0 Å². The number of aromatic nitrogens is 2. The molecule has 0 radical (unpaired) electrons. The first-order chi connectivity index (χ1) is 8.53. The average Bonchev–Trinajstić information content (AvgIpc) is 2.68. The quantitative estimate of drug-likeness (QED) is 0.849. The highest BCUT2D eigenvalue weighted by Gasteiger charge is 2.32. The predicted molar refractivity (Wildman–Crippen MR) is 73.0 cm³/mol. The highest BCUT2D eigenvalue weighted by atomic mass is 16.3. The zero-order chi connectivity index (χ0) is 13.2. The topological polar surface area (TPSA) is 61.3 Å². The Labute approximate surface area is 108 Å². The highest BCUT2D eigenvalue weighted by Crippen LogP contribution is 2.29. The third-order valence-corrected chi connectivity index (χ3v) is 3.35. The van der Waals surface area contributed by atoms with Crippen LogP contribution in [0, 0.1) is 6.92 Å². The van der Waals surface area contributed by atoms with E-state index in [2.05, 4.69) is 27.1 Å². The van der Waals surface area contributed by atoms with Gasteiger partial charge in [0.25, 0.3) is 0 Å². The van der Waals surface area contributed by atoms with E-state index >= 15 is 0 Å². The van der Waals surface area contributed by atoms with E-state index in [1.807, 2.05) is 13.8 Å². The summed E-state index contributed by atoms with van der Waals surface area (Å²) < 4.78 is 0. The standard InChI is InChI=1S/C13H22N4O/c1-4-6-14-11-10(2)12(16-9-15-11)17-7-5-13(3,18)8-17/h9,18H,4-8H2,1-3H3,(H,14,15,16). The molecule has 2 rings (SSSR count). The second-order valence-electron chi connectivity index (χ2n) is 5.27. The summed E-state index contributed by atoms with van der Waals surface area (Å²) in [5, 5.41) is 13.3. The number of β-amino-alcohol motifs (C(OH)–C–C–N with tert-alkyl or cyclic N) is 1. The minimum Gasteiger partial charge on any atom is -0.388 e. The Kier molecular flexibility index (Phi) is 3.71. The van der Waals surface area contributed by atoms with Crippen LogP contribution in [0.3, 0.4) is 0 Å². The Balaban J connectivity index is 2.18. The second kappa shape index (κ2) is 5.10. The number of nitrogens with zero attached hydrogens (tertiary/aromatic N) is 3. The van der Waals surface area contributed by atoms with E-state index in [0.717, 1.165) is 43.1 Å². The molecule has 1 aromatic rings. The van der Waals surface area contributed by atoms with E-state index in [1.54, 1.807) is 6.33 Å². The van der Waals surface area contributed by atoms with Crippen molar-refractivity contribution in [2.45, 2.75) is 39.2 Å². The van der Waals surface area contributed by atoms with Gasteiger partial charge >= 0.3 is 0 Å². The monoisotopic (exact) mass is 250 g/mol. The Bertz CT molecular complexity index is 419. The van der Waals surface area contributed by atoms with E-state index < -0.39 is 5.60 Å². The summed E-state index contributed by atoms with van der Waals surface area (Å²) in [6, 6.07) is 0. The molecule has 0 aromatic carbocycles. The first kappa shape index (κ1) is 13.1. The van der Waals surface area contributed by atoms with Crippen molar-refractivity contribution in [2.75, 3.05) is 29.9 Å². The van der Waals surface area contributed by atoms with E-state index in [4.69, 9.17) is 0 Å². The lowest BCUT2D eigenvalue weighted by atomic mass is 10.1. The summed E-state index contributed by atoms with van der Waals surface area (Å²) in [5.41, 5.74) is 0.456. The minimum atomic E-state index is -0.603. The van der Waals surface area contributed by atoms with E-state index in [9.17, 15) is 5.11 Å². The molecule has 1 saturated heterocycles. The first-order valence-electron chi connectivity index (χ1n) is 6.56. The van der Waals surface area contributed by atoms with E-state index in [0.29, 0.717) is 6.54 Å². The smallest absolute Gasteiger partial charge is 0.137 e. The molecule has 0 amide bonds. The number of rotatable bonds is 4. The fourth-order valence-corrected chi connectivity index (χ4v) is 2.31. The molecule has 18 heavy (non-hydrogen) atoms. The van der Waals surface area contributed by atoms with Gasteiger partial charge in [0, 0.05) is 25.2 Å². The van der Waals surface area contributed by atoms with Gasteiger partial charge in [-0.05, 0) is 26.7 Å². The van der Waals surface area contributed by atoms with E-state index in [-0.39, 0.29) is 0 Å². The predicted octanol–water partition coefficient (Wildman–Crippen LogP) is 1.57. The average molecular weight is 250 g/mol. The Morgan fingerprint density at radius 1 is 1.50 bits per heavy atom. The molecule has 0 bridgehead atoms. The van der Waals surface area contributed by atoms with Gasteiger partial charge in [-0.3, -0.25) is 0 Å². The van der Waals surface area contributed by atoms with Crippen molar-refractivity contribution in [1.82, 2.24) is 9.97 Å². The maximum Gasteiger partial charge on any atom is 0.137 e. The summed E-state index contributed by atoms with van der Waals surface area (Å²) in [6.07, 6.45) is 3.44. The summed E-state index contributed by atoms with van der Waals surface area (Å²) in [5.74, 6) is 1.83. The van der Waals surface area contributed by atoms with Gasteiger partial charge in [-0.15, -0.1) is 0 Å². The molecule has 1 aliphatic heterocycles. The zero-order valence-electron chi connectivity index (χ0n) is 11.4.